The quantitative estimate of drug-likeness (QED) is 0.190. The molecule has 49 heavy (non-hydrogen) atoms. The number of aromatic nitrogens is 4. The first-order valence-corrected chi connectivity index (χ1v) is 16.4. The van der Waals surface area contributed by atoms with Crippen molar-refractivity contribution in [3.8, 4) is 17.1 Å². The van der Waals surface area contributed by atoms with Gasteiger partial charge in [-0.2, -0.15) is 5.10 Å². The van der Waals surface area contributed by atoms with E-state index in [1.165, 1.54) is 16.2 Å². The van der Waals surface area contributed by atoms with Crippen LogP contribution >= 0.6 is 0 Å². The Morgan fingerprint density at radius 3 is 2.24 bits per heavy atom. The fourth-order valence-electron chi connectivity index (χ4n) is 7.35. The smallest absolute Gasteiger partial charge is 0.160 e. The third-order valence-corrected chi connectivity index (χ3v) is 9.50. The minimum Gasteiger partial charge on any atom is -0.454 e. The number of pyridine rings is 1. The van der Waals surface area contributed by atoms with Gasteiger partial charge in [-0.15, -0.1) is 0 Å². The summed E-state index contributed by atoms with van der Waals surface area (Å²) in [5.41, 5.74) is 8.81. The number of hydrogen-bond donors (Lipinski definition) is 0. The number of rotatable bonds is 5. The molecule has 232 valence electrons. The molecule has 10 aromatic rings. The molecule has 4 heterocycles. The van der Waals surface area contributed by atoms with Gasteiger partial charge in [-0.1, -0.05) is 84.9 Å². The highest BCUT2D eigenvalue weighted by Gasteiger charge is 2.23. The predicted molar refractivity (Wildman–Crippen MR) is 200 cm³/mol. The zero-order chi connectivity index (χ0) is 32.5. The fourth-order valence-corrected chi connectivity index (χ4v) is 7.35. The molecule has 4 aromatic heterocycles. The van der Waals surface area contributed by atoms with Gasteiger partial charge in [-0.25, -0.2) is 4.98 Å². The zero-order valence-corrected chi connectivity index (χ0v) is 26.7. The van der Waals surface area contributed by atoms with Crippen molar-refractivity contribution in [2.75, 3.05) is 4.90 Å². The number of nitrogens with zero attached hydrogens (tertiary/aromatic N) is 5. The van der Waals surface area contributed by atoms with E-state index in [9.17, 15) is 0 Å². The molecule has 0 radical (unpaired) electrons. The molecule has 0 saturated heterocycles. The molecule has 6 nitrogen and oxygen atoms in total. The zero-order valence-electron chi connectivity index (χ0n) is 26.7. The summed E-state index contributed by atoms with van der Waals surface area (Å²) in [6.07, 6.45) is 3.83. The largest absolute Gasteiger partial charge is 0.454 e. The standard InChI is InChI=1S/C43H29N5O/c1-46-24-22-36(45-46)29-12-10-13-30(25-29)47(39-26-28-11-2-3-14-32(28)42-35-16-5-7-18-40(35)49-43(39)42)31-20-21-34-33-15-4-6-17-37(33)48(38(34)27-31)41-19-8-9-23-44-41/h2-27H,1H3. The van der Waals surface area contributed by atoms with Gasteiger partial charge in [0.25, 0.3) is 0 Å². The van der Waals surface area contributed by atoms with E-state index in [0.717, 1.165) is 72.5 Å². The first-order chi connectivity index (χ1) is 24.2. The van der Waals surface area contributed by atoms with Crippen molar-refractivity contribution < 1.29 is 4.42 Å². The van der Waals surface area contributed by atoms with Gasteiger partial charge in [0, 0.05) is 57.9 Å². The fraction of sp³-hybridized carbons (Fsp3) is 0.0233. The van der Waals surface area contributed by atoms with Gasteiger partial charge in [0.1, 0.15) is 11.4 Å². The van der Waals surface area contributed by atoms with Crippen molar-refractivity contribution in [3.05, 3.63) is 158 Å². The Bertz CT molecular complexity index is 2860. The molecule has 0 fully saturated rings. The molecule has 0 amide bonds. The van der Waals surface area contributed by atoms with Gasteiger partial charge in [0.2, 0.25) is 0 Å². The highest BCUT2D eigenvalue weighted by atomic mass is 16.3. The molecular formula is C43H29N5O. The molecule has 0 aliphatic carbocycles. The molecule has 0 N–H and O–H groups in total. The monoisotopic (exact) mass is 631 g/mol. The Morgan fingerprint density at radius 1 is 0.612 bits per heavy atom. The summed E-state index contributed by atoms with van der Waals surface area (Å²) in [7, 11) is 1.95. The van der Waals surface area contributed by atoms with Crippen LogP contribution in [0.1, 0.15) is 0 Å². The van der Waals surface area contributed by atoms with Crippen LogP contribution in [0, 0.1) is 0 Å². The Balaban J connectivity index is 1.31. The molecule has 6 heteroatoms. The van der Waals surface area contributed by atoms with Crippen LogP contribution in [0.25, 0.3) is 71.6 Å². The number of hydrogen-bond acceptors (Lipinski definition) is 4. The third-order valence-electron chi connectivity index (χ3n) is 9.50. The molecule has 0 spiro atoms. The lowest BCUT2D eigenvalue weighted by molar-refractivity contribution is 0.669. The SMILES string of the molecule is Cn1ccc(-c2cccc(N(c3ccc4c5ccccc5n(-c5ccccn5)c4c3)c3cc4ccccc4c4c3oc3ccccc34)c2)n1. The van der Waals surface area contributed by atoms with E-state index in [0.29, 0.717) is 0 Å². The van der Waals surface area contributed by atoms with Gasteiger partial charge in [-0.3, -0.25) is 9.25 Å². The summed E-state index contributed by atoms with van der Waals surface area (Å²) in [6.45, 7) is 0. The Hall–Kier alpha value is -6.66. The van der Waals surface area contributed by atoms with Gasteiger partial charge >= 0.3 is 0 Å². The lowest BCUT2D eigenvalue weighted by atomic mass is 10.0. The van der Waals surface area contributed by atoms with Crippen LogP contribution in [0.2, 0.25) is 0 Å². The molecule has 0 aliphatic heterocycles. The first kappa shape index (κ1) is 27.5. The summed E-state index contributed by atoms with van der Waals surface area (Å²) in [5.74, 6) is 0.875. The topological polar surface area (TPSA) is 52.0 Å². The molecule has 0 atom stereocenters. The Morgan fingerprint density at radius 2 is 1.39 bits per heavy atom. The van der Waals surface area contributed by atoms with E-state index in [2.05, 4.69) is 131 Å². The summed E-state index contributed by atoms with van der Waals surface area (Å²) in [4.78, 5) is 7.11. The molecule has 0 aliphatic rings. The van der Waals surface area contributed by atoms with Crippen LogP contribution in [-0.4, -0.2) is 19.3 Å². The van der Waals surface area contributed by atoms with E-state index in [-0.39, 0.29) is 0 Å². The van der Waals surface area contributed by atoms with Gasteiger partial charge < -0.3 is 9.32 Å². The van der Waals surface area contributed by atoms with Crippen molar-refractivity contribution in [1.29, 1.82) is 0 Å². The van der Waals surface area contributed by atoms with Crippen LogP contribution in [-0.2, 0) is 7.05 Å². The molecule has 10 rings (SSSR count). The predicted octanol–water partition coefficient (Wildman–Crippen LogP) is 11.1. The van der Waals surface area contributed by atoms with Crippen LogP contribution in [0.4, 0.5) is 17.1 Å². The second-order valence-electron chi connectivity index (χ2n) is 12.4. The normalized spacial score (nSPS) is 11.8. The van der Waals surface area contributed by atoms with Crippen LogP contribution < -0.4 is 4.90 Å². The summed E-state index contributed by atoms with van der Waals surface area (Å²) < 4.78 is 10.9. The number of fused-ring (bicyclic) bond motifs is 8. The minimum atomic E-state index is 0.841. The number of anilines is 3. The van der Waals surface area contributed by atoms with E-state index >= 15 is 0 Å². The maximum absolute atomic E-state index is 6.79. The average molecular weight is 632 g/mol. The molecular weight excluding hydrogens is 603 g/mol. The van der Waals surface area contributed by atoms with Crippen LogP contribution in [0.3, 0.4) is 0 Å². The summed E-state index contributed by atoms with van der Waals surface area (Å²) in [5, 5.41) is 11.6. The van der Waals surface area contributed by atoms with Gasteiger partial charge in [0.15, 0.2) is 5.58 Å². The van der Waals surface area contributed by atoms with E-state index < -0.39 is 0 Å². The third kappa shape index (κ3) is 4.27. The Kier molecular flexibility index (Phi) is 5.99. The van der Waals surface area contributed by atoms with Gasteiger partial charge in [0.05, 0.1) is 22.4 Å². The summed E-state index contributed by atoms with van der Waals surface area (Å²) in [6, 6.07) is 51.1. The second kappa shape index (κ2) is 10.7. The average Bonchev–Trinajstić information content (AvgIpc) is 3.86. The minimum absolute atomic E-state index is 0.841. The van der Waals surface area contributed by atoms with E-state index in [4.69, 9.17) is 14.5 Å². The number of para-hydroxylation sites is 2. The van der Waals surface area contributed by atoms with Crippen LogP contribution in [0.5, 0.6) is 0 Å². The van der Waals surface area contributed by atoms with Crippen molar-refractivity contribution in [3.63, 3.8) is 0 Å². The lowest BCUT2D eigenvalue weighted by Gasteiger charge is -2.27. The number of furan rings is 1. The van der Waals surface area contributed by atoms with Gasteiger partial charge in [-0.05, 0) is 71.4 Å². The maximum Gasteiger partial charge on any atom is 0.160 e. The molecule has 6 aromatic carbocycles. The highest BCUT2D eigenvalue weighted by molar-refractivity contribution is 6.23. The molecule has 0 unspecified atom stereocenters. The maximum atomic E-state index is 6.79. The highest BCUT2D eigenvalue weighted by Crippen LogP contribution is 2.47. The van der Waals surface area contributed by atoms with Crippen molar-refractivity contribution in [1.82, 2.24) is 19.3 Å². The van der Waals surface area contributed by atoms with Crippen LogP contribution in [0.15, 0.2) is 162 Å². The van der Waals surface area contributed by atoms with Crippen molar-refractivity contribution in [2.45, 2.75) is 0 Å². The number of benzene rings is 6. The lowest BCUT2D eigenvalue weighted by Crippen LogP contribution is -2.11. The molecule has 0 saturated carbocycles. The summed E-state index contributed by atoms with van der Waals surface area (Å²) >= 11 is 0. The Labute approximate surface area is 281 Å². The van der Waals surface area contributed by atoms with Crippen molar-refractivity contribution in [2.24, 2.45) is 7.05 Å². The van der Waals surface area contributed by atoms with E-state index in [1.54, 1.807) is 0 Å². The first-order valence-electron chi connectivity index (χ1n) is 16.4. The number of aryl methyl sites for hydroxylation is 1. The van der Waals surface area contributed by atoms with Crippen molar-refractivity contribution >= 4 is 71.6 Å². The second-order valence-corrected chi connectivity index (χ2v) is 12.4. The van der Waals surface area contributed by atoms with E-state index in [1.807, 2.05) is 48.4 Å². The molecule has 0 bridgehead atoms.